The molecule has 0 spiro atoms. The van der Waals surface area contributed by atoms with Crippen LogP contribution in [-0.4, -0.2) is 23.1 Å². The second-order valence-electron chi connectivity index (χ2n) is 3.24. The number of anilines is 1. The van der Waals surface area contributed by atoms with Crippen LogP contribution in [0.5, 0.6) is 0 Å². The second kappa shape index (κ2) is 6.28. The van der Waals surface area contributed by atoms with Crippen molar-refractivity contribution in [3.05, 3.63) is 16.0 Å². The van der Waals surface area contributed by atoms with Gasteiger partial charge in [0, 0.05) is 13.1 Å². The van der Waals surface area contributed by atoms with E-state index in [-0.39, 0.29) is 0 Å². The summed E-state index contributed by atoms with van der Waals surface area (Å²) in [5.41, 5.74) is 0. The Morgan fingerprint density at radius 2 is 2.13 bits per heavy atom. The molecule has 0 bridgehead atoms. The fraction of sp³-hybridized carbons (Fsp3) is 0.600. The van der Waals surface area contributed by atoms with Crippen LogP contribution in [0.15, 0.2) is 10.8 Å². The summed E-state index contributed by atoms with van der Waals surface area (Å²) >= 11 is 9.34. The zero-order valence-corrected chi connectivity index (χ0v) is 11.3. The van der Waals surface area contributed by atoms with E-state index in [1.165, 1.54) is 12.7 Å². The zero-order valence-electron chi connectivity index (χ0n) is 9.00. The van der Waals surface area contributed by atoms with Gasteiger partial charge in [0.05, 0.1) is 4.47 Å². The van der Waals surface area contributed by atoms with Gasteiger partial charge in [-0.1, -0.05) is 24.9 Å². The molecule has 1 aromatic heterocycles. The minimum atomic E-state index is 0.468. The van der Waals surface area contributed by atoms with Gasteiger partial charge < -0.3 is 4.90 Å². The molecule has 0 aliphatic carbocycles. The third-order valence-corrected chi connectivity index (χ3v) is 3.44. The van der Waals surface area contributed by atoms with E-state index in [4.69, 9.17) is 11.6 Å². The number of hydrogen-bond donors (Lipinski definition) is 0. The Morgan fingerprint density at radius 1 is 1.40 bits per heavy atom. The molecule has 0 amide bonds. The van der Waals surface area contributed by atoms with Crippen molar-refractivity contribution in [1.29, 1.82) is 0 Å². The Kier molecular flexibility index (Phi) is 5.32. The molecule has 0 fully saturated rings. The highest BCUT2D eigenvalue weighted by Crippen LogP contribution is 2.28. The first-order chi connectivity index (χ1) is 7.20. The summed E-state index contributed by atoms with van der Waals surface area (Å²) in [4.78, 5) is 10.4. The SMILES string of the molecule is CCCCN(CC)c1ncnc(Cl)c1Br. The molecular formula is C10H15BrClN3. The first kappa shape index (κ1) is 12.7. The van der Waals surface area contributed by atoms with Gasteiger partial charge in [-0.2, -0.15) is 0 Å². The third kappa shape index (κ3) is 3.31. The lowest BCUT2D eigenvalue weighted by molar-refractivity contribution is 0.721. The van der Waals surface area contributed by atoms with Gasteiger partial charge in [0.25, 0.3) is 0 Å². The Bertz CT molecular complexity index is 320. The molecule has 5 heteroatoms. The summed E-state index contributed by atoms with van der Waals surface area (Å²) < 4.78 is 0.782. The summed E-state index contributed by atoms with van der Waals surface area (Å²) in [5, 5.41) is 0.468. The first-order valence-corrected chi connectivity index (χ1v) is 6.28. The van der Waals surface area contributed by atoms with E-state index >= 15 is 0 Å². The highest BCUT2D eigenvalue weighted by molar-refractivity contribution is 9.10. The monoisotopic (exact) mass is 291 g/mol. The molecule has 0 radical (unpaired) electrons. The lowest BCUT2D eigenvalue weighted by Crippen LogP contribution is -2.25. The van der Waals surface area contributed by atoms with Gasteiger partial charge in [0.15, 0.2) is 0 Å². The van der Waals surface area contributed by atoms with Gasteiger partial charge in [-0.3, -0.25) is 0 Å². The van der Waals surface area contributed by atoms with Crippen molar-refractivity contribution in [2.75, 3.05) is 18.0 Å². The molecule has 0 aromatic carbocycles. The summed E-state index contributed by atoms with van der Waals surface area (Å²) in [6, 6.07) is 0. The van der Waals surface area contributed by atoms with Crippen LogP contribution in [-0.2, 0) is 0 Å². The van der Waals surface area contributed by atoms with Crippen LogP contribution in [0.3, 0.4) is 0 Å². The molecule has 1 heterocycles. The highest BCUT2D eigenvalue weighted by Gasteiger charge is 2.12. The smallest absolute Gasteiger partial charge is 0.148 e. The van der Waals surface area contributed by atoms with Gasteiger partial charge in [0.1, 0.15) is 17.3 Å². The van der Waals surface area contributed by atoms with Crippen molar-refractivity contribution in [2.45, 2.75) is 26.7 Å². The zero-order chi connectivity index (χ0) is 11.3. The number of halogens is 2. The molecule has 0 aliphatic heterocycles. The fourth-order valence-electron chi connectivity index (χ4n) is 1.32. The molecule has 3 nitrogen and oxygen atoms in total. The lowest BCUT2D eigenvalue weighted by atomic mass is 10.3. The Balaban J connectivity index is 2.86. The van der Waals surface area contributed by atoms with Crippen molar-refractivity contribution in [3.8, 4) is 0 Å². The molecule has 0 saturated heterocycles. The van der Waals surface area contributed by atoms with Crippen LogP contribution in [0.4, 0.5) is 5.82 Å². The van der Waals surface area contributed by atoms with Crippen LogP contribution < -0.4 is 4.90 Å². The quantitative estimate of drug-likeness (QED) is 0.778. The minimum Gasteiger partial charge on any atom is -0.356 e. The van der Waals surface area contributed by atoms with Gasteiger partial charge in [0.2, 0.25) is 0 Å². The molecule has 0 unspecified atom stereocenters. The number of hydrogen-bond acceptors (Lipinski definition) is 3. The molecular weight excluding hydrogens is 277 g/mol. The minimum absolute atomic E-state index is 0.468. The van der Waals surface area contributed by atoms with Gasteiger partial charge in [-0.05, 0) is 29.3 Å². The van der Waals surface area contributed by atoms with E-state index in [9.17, 15) is 0 Å². The van der Waals surface area contributed by atoms with Gasteiger partial charge in [-0.25, -0.2) is 9.97 Å². The van der Waals surface area contributed by atoms with Crippen molar-refractivity contribution < 1.29 is 0 Å². The fourth-order valence-corrected chi connectivity index (χ4v) is 1.91. The molecule has 0 aliphatic rings. The van der Waals surface area contributed by atoms with E-state index in [2.05, 4.69) is 44.6 Å². The number of nitrogens with zero attached hydrogens (tertiary/aromatic N) is 3. The molecule has 0 atom stereocenters. The summed E-state index contributed by atoms with van der Waals surface area (Å²) in [5.74, 6) is 0.881. The number of aromatic nitrogens is 2. The van der Waals surface area contributed by atoms with E-state index in [1.807, 2.05) is 0 Å². The van der Waals surface area contributed by atoms with E-state index < -0.39 is 0 Å². The molecule has 0 N–H and O–H groups in total. The summed E-state index contributed by atoms with van der Waals surface area (Å²) in [6.45, 7) is 6.21. The van der Waals surface area contributed by atoms with Crippen molar-refractivity contribution in [3.63, 3.8) is 0 Å². The van der Waals surface area contributed by atoms with E-state index in [1.54, 1.807) is 0 Å². The molecule has 0 saturated carbocycles. The van der Waals surface area contributed by atoms with Crippen molar-refractivity contribution >= 4 is 33.3 Å². The van der Waals surface area contributed by atoms with Crippen LogP contribution in [0.1, 0.15) is 26.7 Å². The summed E-state index contributed by atoms with van der Waals surface area (Å²) in [7, 11) is 0. The lowest BCUT2D eigenvalue weighted by Gasteiger charge is -2.22. The standard InChI is InChI=1S/C10H15BrClN3/c1-3-5-6-15(4-2)10-8(11)9(12)13-7-14-10/h7H,3-6H2,1-2H3. The largest absolute Gasteiger partial charge is 0.356 e. The Hall–Kier alpha value is -0.350. The first-order valence-electron chi connectivity index (χ1n) is 5.11. The van der Waals surface area contributed by atoms with Crippen LogP contribution in [0.2, 0.25) is 5.15 Å². The predicted octanol–water partition coefficient (Wildman–Crippen LogP) is 3.52. The average Bonchev–Trinajstić information content (AvgIpc) is 2.25. The molecule has 1 rings (SSSR count). The Morgan fingerprint density at radius 3 is 2.73 bits per heavy atom. The summed E-state index contributed by atoms with van der Waals surface area (Å²) in [6.07, 6.45) is 3.83. The van der Waals surface area contributed by atoms with Crippen LogP contribution >= 0.6 is 27.5 Å². The third-order valence-electron chi connectivity index (χ3n) is 2.19. The average molecular weight is 293 g/mol. The van der Waals surface area contributed by atoms with Gasteiger partial charge in [-0.15, -0.1) is 0 Å². The molecule has 15 heavy (non-hydrogen) atoms. The predicted molar refractivity (Wildman–Crippen MR) is 67.5 cm³/mol. The van der Waals surface area contributed by atoms with E-state index in [0.717, 1.165) is 29.8 Å². The number of rotatable bonds is 5. The van der Waals surface area contributed by atoms with Gasteiger partial charge >= 0.3 is 0 Å². The number of unbranched alkanes of at least 4 members (excludes halogenated alkanes) is 1. The Labute approximate surface area is 104 Å². The maximum Gasteiger partial charge on any atom is 0.148 e. The normalized spacial score (nSPS) is 10.4. The second-order valence-corrected chi connectivity index (χ2v) is 4.39. The maximum absolute atomic E-state index is 5.92. The van der Waals surface area contributed by atoms with Crippen molar-refractivity contribution in [1.82, 2.24) is 9.97 Å². The van der Waals surface area contributed by atoms with Crippen LogP contribution in [0, 0.1) is 0 Å². The topological polar surface area (TPSA) is 29.0 Å². The molecule has 1 aromatic rings. The van der Waals surface area contributed by atoms with Crippen molar-refractivity contribution in [2.24, 2.45) is 0 Å². The maximum atomic E-state index is 5.92. The highest BCUT2D eigenvalue weighted by atomic mass is 79.9. The molecule has 84 valence electrons. The van der Waals surface area contributed by atoms with Crippen LogP contribution in [0.25, 0.3) is 0 Å². The van der Waals surface area contributed by atoms with E-state index in [0.29, 0.717) is 5.15 Å².